The van der Waals surface area contributed by atoms with Crippen molar-refractivity contribution >= 4 is 5.69 Å². The molecule has 5 heteroatoms. The van der Waals surface area contributed by atoms with Crippen molar-refractivity contribution in [3.63, 3.8) is 0 Å². The van der Waals surface area contributed by atoms with Crippen LogP contribution in [0.4, 0.5) is 5.69 Å². The van der Waals surface area contributed by atoms with Gasteiger partial charge in [-0.3, -0.25) is 0 Å². The van der Waals surface area contributed by atoms with E-state index in [1.807, 2.05) is 22.9 Å². The Morgan fingerprint density at radius 1 is 1.04 bits per heavy atom. The zero-order chi connectivity index (χ0) is 17.2. The lowest BCUT2D eigenvalue weighted by Gasteiger charge is -2.29. The highest BCUT2D eigenvalue weighted by Gasteiger charge is 2.31. The molecule has 0 aliphatic rings. The van der Waals surface area contributed by atoms with Crippen molar-refractivity contribution in [1.82, 2.24) is 20.2 Å². The number of hydrogen-bond acceptors (Lipinski definition) is 4. The molecular weight excluding hydrogens is 298 g/mol. The molecule has 0 fully saturated rings. The summed E-state index contributed by atoms with van der Waals surface area (Å²) in [6.45, 7) is 8.42. The van der Waals surface area contributed by atoms with E-state index in [-0.39, 0.29) is 5.54 Å². The second-order valence-corrected chi connectivity index (χ2v) is 6.38. The molecule has 1 heterocycles. The van der Waals surface area contributed by atoms with Crippen molar-refractivity contribution in [1.29, 1.82) is 0 Å². The molecule has 0 saturated heterocycles. The highest BCUT2D eigenvalue weighted by Crippen LogP contribution is 2.29. The molecule has 24 heavy (non-hydrogen) atoms. The van der Waals surface area contributed by atoms with Gasteiger partial charge in [0.2, 0.25) is 0 Å². The van der Waals surface area contributed by atoms with E-state index in [1.54, 1.807) is 0 Å². The number of rotatable bonds is 5. The van der Waals surface area contributed by atoms with Crippen LogP contribution in [0.2, 0.25) is 0 Å². The second-order valence-electron chi connectivity index (χ2n) is 6.38. The van der Waals surface area contributed by atoms with Gasteiger partial charge in [-0.05, 0) is 61.4 Å². The highest BCUT2D eigenvalue weighted by molar-refractivity contribution is 5.48. The van der Waals surface area contributed by atoms with Gasteiger partial charge >= 0.3 is 0 Å². The zero-order valence-corrected chi connectivity index (χ0v) is 14.6. The van der Waals surface area contributed by atoms with Crippen molar-refractivity contribution in [2.24, 2.45) is 0 Å². The average molecular weight is 321 g/mol. The Labute approximate surface area is 142 Å². The minimum absolute atomic E-state index is 0.374. The Balaban J connectivity index is 2.01. The Morgan fingerprint density at radius 3 is 2.42 bits per heavy atom. The first kappa shape index (κ1) is 16.2. The van der Waals surface area contributed by atoms with E-state index in [2.05, 4.69) is 78.9 Å². The number of hydrogen-bond donors (Lipinski definition) is 1. The van der Waals surface area contributed by atoms with E-state index in [0.717, 1.165) is 29.2 Å². The van der Waals surface area contributed by atoms with Crippen molar-refractivity contribution in [3.8, 4) is 5.69 Å². The third-order valence-electron chi connectivity index (χ3n) is 4.49. The molecule has 0 aliphatic heterocycles. The topological polar surface area (TPSA) is 55.6 Å². The summed E-state index contributed by atoms with van der Waals surface area (Å²) in [6.07, 6.45) is 0.854. The maximum absolute atomic E-state index is 4.33. The van der Waals surface area contributed by atoms with Crippen molar-refractivity contribution in [2.75, 3.05) is 5.32 Å². The molecule has 3 aromatic rings. The Bertz CT molecular complexity index is 822. The number of nitrogens with zero attached hydrogens (tertiary/aromatic N) is 4. The fraction of sp³-hybridized carbons (Fsp3) is 0.316. The molecular formula is C19H23N5. The molecule has 0 saturated carbocycles. The van der Waals surface area contributed by atoms with Crippen LogP contribution in [0.5, 0.6) is 0 Å². The zero-order valence-electron chi connectivity index (χ0n) is 14.6. The predicted octanol–water partition coefficient (Wildman–Crippen LogP) is 4.02. The van der Waals surface area contributed by atoms with Crippen LogP contribution in [0, 0.1) is 13.8 Å². The average Bonchev–Trinajstić information content (AvgIpc) is 3.07. The maximum Gasteiger partial charge on any atom is 0.181 e. The normalized spacial score (nSPS) is 13.5. The summed E-state index contributed by atoms with van der Waals surface area (Å²) in [5.74, 6) is 0.805. The van der Waals surface area contributed by atoms with Gasteiger partial charge in [-0.25, -0.2) is 0 Å². The molecule has 0 unspecified atom stereocenters. The smallest absolute Gasteiger partial charge is 0.181 e. The summed E-state index contributed by atoms with van der Waals surface area (Å²) in [6, 6.07) is 16.5. The lowest BCUT2D eigenvalue weighted by atomic mass is 9.96. The number of tetrazole rings is 1. The van der Waals surface area contributed by atoms with Gasteiger partial charge in [-0.15, -0.1) is 5.10 Å². The van der Waals surface area contributed by atoms with Crippen LogP contribution in [-0.2, 0) is 5.54 Å². The number of aromatic nitrogens is 4. The molecule has 1 atom stereocenters. The minimum Gasteiger partial charge on any atom is -0.373 e. The van der Waals surface area contributed by atoms with Crippen LogP contribution >= 0.6 is 0 Å². The molecule has 0 amide bonds. The van der Waals surface area contributed by atoms with Crippen LogP contribution < -0.4 is 5.32 Å². The maximum atomic E-state index is 4.33. The fourth-order valence-electron chi connectivity index (χ4n) is 2.75. The lowest BCUT2D eigenvalue weighted by molar-refractivity contribution is 0.474. The predicted molar refractivity (Wildman–Crippen MR) is 96.3 cm³/mol. The van der Waals surface area contributed by atoms with Crippen LogP contribution in [-0.4, -0.2) is 20.2 Å². The number of anilines is 1. The molecule has 0 spiro atoms. The van der Waals surface area contributed by atoms with Gasteiger partial charge in [0.25, 0.3) is 0 Å². The standard InChI is InChI=1S/C19H23N5/c1-5-19(4,20-16-12-10-14(2)11-13-16)18-21-22-23-24(18)17-9-7-6-8-15(17)3/h6-13,20H,5H2,1-4H3/t19-/m1/s1. The largest absolute Gasteiger partial charge is 0.373 e. The number of aryl methyl sites for hydroxylation is 2. The second kappa shape index (κ2) is 6.43. The summed E-state index contributed by atoms with van der Waals surface area (Å²) < 4.78 is 1.83. The van der Waals surface area contributed by atoms with E-state index < -0.39 is 0 Å². The van der Waals surface area contributed by atoms with Gasteiger partial charge < -0.3 is 5.32 Å². The summed E-state index contributed by atoms with van der Waals surface area (Å²) >= 11 is 0. The third-order valence-corrected chi connectivity index (χ3v) is 4.49. The quantitative estimate of drug-likeness (QED) is 0.771. The van der Waals surface area contributed by atoms with Crippen LogP contribution in [0.3, 0.4) is 0 Å². The number of benzene rings is 2. The summed E-state index contributed by atoms with van der Waals surface area (Å²) in [7, 11) is 0. The van der Waals surface area contributed by atoms with E-state index in [1.165, 1.54) is 5.56 Å². The first-order chi connectivity index (χ1) is 11.5. The Morgan fingerprint density at radius 2 is 1.75 bits per heavy atom. The van der Waals surface area contributed by atoms with E-state index in [9.17, 15) is 0 Å². The summed E-state index contributed by atoms with van der Waals surface area (Å²) in [5, 5.41) is 16.1. The third kappa shape index (κ3) is 3.02. The molecule has 0 bridgehead atoms. The first-order valence-corrected chi connectivity index (χ1v) is 8.23. The first-order valence-electron chi connectivity index (χ1n) is 8.23. The van der Waals surface area contributed by atoms with Gasteiger partial charge in [0, 0.05) is 5.69 Å². The van der Waals surface area contributed by atoms with Gasteiger partial charge in [0.05, 0.1) is 11.2 Å². The monoisotopic (exact) mass is 321 g/mol. The molecule has 3 rings (SSSR count). The molecule has 2 aromatic carbocycles. The number of nitrogens with one attached hydrogen (secondary N) is 1. The highest BCUT2D eigenvalue weighted by atomic mass is 15.6. The van der Waals surface area contributed by atoms with Gasteiger partial charge in [-0.1, -0.05) is 42.8 Å². The van der Waals surface area contributed by atoms with E-state index >= 15 is 0 Å². The van der Waals surface area contributed by atoms with Gasteiger partial charge in [0.1, 0.15) is 0 Å². The van der Waals surface area contributed by atoms with E-state index in [0.29, 0.717) is 0 Å². The number of para-hydroxylation sites is 1. The Kier molecular flexibility index (Phi) is 4.34. The molecule has 1 aromatic heterocycles. The van der Waals surface area contributed by atoms with Crippen LogP contribution in [0.15, 0.2) is 48.5 Å². The molecule has 5 nitrogen and oxygen atoms in total. The molecule has 1 N–H and O–H groups in total. The van der Waals surface area contributed by atoms with Crippen LogP contribution in [0.1, 0.15) is 37.2 Å². The fourth-order valence-corrected chi connectivity index (χ4v) is 2.75. The van der Waals surface area contributed by atoms with Crippen molar-refractivity contribution < 1.29 is 0 Å². The van der Waals surface area contributed by atoms with E-state index in [4.69, 9.17) is 0 Å². The molecule has 0 aliphatic carbocycles. The summed E-state index contributed by atoms with van der Waals surface area (Å²) in [5.41, 5.74) is 4.07. The van der Waals surface area contributed by atoms with Crippen LogP contribution in [0.25, 0.3) is 5.69 Å². The summed E-state index contributed by atoms with van der Waals surface area (Å²) in [4.78, 5) is 0. The molecule has 0 radical (unpaired) electrons. The van der Waals surface area contributed by atoms with Crippen molar-refractivity contribution in [2.45, 2.75) is 39.7 Å². The van der Waals surface area contributed by atoms with Gasteiger partial charge in [-0.2, -0.15) is 4.68 Å². The SMILES string of the molecule is CC[C@@](C)(Nc1ccc(C)cc1)c1nnnn1-c1ccccc1C. The Hall–Kier alpha value is -2.69. The van der Waals surface area contributed by atoms with Crippen molar-refractivity contribution in [3.05, 3.63) is 65.5 Å². The molecule has 124 valence electrons. The lowest BCUT2D eigenvalue weighted by Crippen LogP contribution is -2.34. The van der Waals surface area contributed by atoms with Gasteiger partial charge in [0.15, 0.2) is 5.82 Å². The minimum atomic E-state index is -0.374.